The summed E-state index contributed by atoms with van der Waals surface area (Å²) < 4.78 is 0. The van der Waals surface area contributed by atoms with E-state index in [1.165, 1.54) is 30.3 Å². The van der Waals surface area contributed by atoms with Crippen LogP contribution in [0.15, 0.2) is 54.1 Å². The van der Waals surface area contributed by atoms with Crippen LogP contribution in [0.3, 0.4) is 0 Å². The van der Waals surface area contributed by atoms with E-state index in [-0.39, 0.29) is 60.2 Å². The van der Waals surface area contributed by atoms with Gasteiger partial charge < -0.3 is 37.2 Å². The van der Waals surface area contributed by atoms with Crippen molar-refractivity contribution in [2.75, 3.05) is 6.54 Å². The molecule has 0 unspecified atom stereocenters. The first-order chi connectivity index (χ1) is 25.4. The number of carbonyl (C=O) groups excluding carboxylic acids is 7. The molecule has 3 rings (SSSR count). The van der Waals surface area contributed by atoms with Crippen molar-refractivity contribution in [2.45, 2.75) is 97.8 Å². The number of nitrogens with two attached hydrogens (primary N) is 1. The molecule has 1 aliphatic rings. The number of Topliss-reactive ketones (excluding diaryl/α,β-unsaturated/α-hetero) is 3. The molecule has 4 amide bonds. The third-order valence-corrected chi connectivity index (χ3v) is 8.94. The lowest BCUT2D eigenvalue weighted by atomic mass is 9.84. The number of phenols is 2. The highest BCUT2D eigenvalue weighted by atomic mass is 16.3. The lowest BCUT2D eigenvalue weighted by Gasteiger charge is -2.28. The normalized spacial score (nSPS) is 15.4. The summed E-state index contributed by atoms with van der Waals surface area (Å²) in [6.07, 6.45) is 0.252. The number of carbonyl (C=O) groups is 7. The number of aromatic hydroxyl groups is 2. The SMILES string of the molecule is CC(C)C[C@H](NC(=O)[C@@H](N)CC(C)C)C(=O)N[C@H](C(=O)N[C@@H](Cc1ccc(O)cc1)C(=O)CNC(=O)C1=C(c2ccccc2O)C(=O)CCC1=O)C(C)C. The summed E-state index contributed by atoms with van der Waals surface area (Å²) in [4.78, 5) is 93.4. The Labute approximate surface area is 315 Å². The highest BCUT2D eigenvalue weighted by Gasteiger charge is 2.35. The molecule has 54 heavy (non-hydrogen) atoms. The molecule has 0 saturated carbocycles. The van der Waals surface area contributed by atoms with Crippen molar-refractivity contribution in [3.63, 3.8) is 0 Å². The number of hydrogen-bond acceptors (Lipinski definition) is 10. The predicted molar refractivity (Wildman–Crippen MR) is 202 cm³/mol. The van der Waals surface area contributed by atoms with Gasteiger partial charge in [0, 0.05) is 24.0 Å². The largest absolute Gasteiger partial charge is 0.508 e. The quantitative estimate of drug-likeness (QED) is 0.110. The van der Waals surface area contributed by atoms with Gasteiger partial charge >= 0.3 is 0 Å². The number of phenolic OH excluding ortho intramolecular Hbond substituents is 2. The summed E-state index contributed by atoms with van der Waals surface area (Å²) >= 11 is 0. The first kappa shape index (κ1) is 43.0. The van der Waals surface area contributed by atoms with Gasteiger partial charge in [0.25, 0.3) is 5.91 Å². The summed E-state index contributed by atoms with van der Waals surface area (Å²) in [5.41, 5.74) is 5.91. The van der Waals surface area contributed by atoms with E-state index in [2.05, 4.69) is 21.3 Å². The van der Waals surface area contributed by atoms with Crippen LogP contribution in [-0.2, 0) is 40.0 Å². The van der Waals surface area contributed by atoms with Gasteiger partial charge in [-0.2, -0.15) is 0 Å². The van der Waals surface area contributed by atoms with E-state index in [0.717, 1.165) is 0 Å². The van der Waals surface area contributed by atoms with Crippen LogP contribution in [-0.4, -0.2) is 81.9 Å². The molecule has 14 nitrogen and oxygen atoms in total. The van der Waals surface area contributed by atoms with E-state index in [9.17, 15) is 43.8 Å². The Hall–Kier alpha value is -5.37. The molecular weight excluding hydrogens is 694 g/mol. The fourth-order valence-electron chi connectivity index (χ4n) is 6.10. The second-order valence-corrected chi connectivity index (χ2v) is 14.9. The zero-order valence-electron chi connectivity index (χ0n) is 31.7. The maximum absolute atomic E-state index is 13.8. The number of amides is 4. The molecule has 1 aliphatic carbocycles. The van der Waals surface area contributed by atoms with Crippen LogP contribution in [0.2, 0.25) is 0 Å². The van der Waals surface area contributed by atoms with Gasteiger partial charge in [-0.25, -0.2) is 0 Å². The van der Waals surface area contributed by atoms with Crippen molar-refractivity contribution in [1.82, 2.24) is 21.3 Å². The average Bonchev–Trinajstić information content (AvgIpc) is 3.10. The molecule has 0 aliphatic heterocycles. The molecule has 0 saturated heterocycles. The van der Waals surface area contributed by atoms with E-state index in [0.29, 0.717) is 12.0 Å². The minimum Gasteiger partial charge on any atom is -0.508 e. The zero-order chi connectivity index (χ0) is 40.3. The van der Waals surface area contributed by atoms with Gasteiger partial charge in [-0.15, -0.1) is 0 Å². The monoisotopic (exact) mass is 747 g/mol. The van der Waals surface area contributed by atoms with Gasteiger partial charge in [0.15, 0.2) is 17.3 Å². The maximum Gasteiger partial charge on any atom is 0.256 e. The van der Waals surface area contributed by atoms with Crippen molar-refractivity contribution in [3.05, 3.63) is 65.2 Å². The standard InChI is InChI=1S/C40H53N5O9/c1-21(2)17-27(41)37(51)44-29(18-22(3)4)38(52)45-36(23(5)6)40(54)43-28(19-24-11-13-25(46)14-12-24)33(50)20-42-39(53)35-32(49)16-15-31(48)34(35)26-9-7-8-10-30(26)47/h7-14,21-23,27-29,36,46-47H,15-20,41H2,1-6H3,(H,42,53)(H,43,54)(H,44,51)(H,45,52)/t27-,28-,29-,36-/m0/s1. The fourth-order valence-corrected chi connectivity index (χ4v) is 6.10. The molecule has 292 valence electrons. The second kappa shape index (κ2) is 19.6. The lowest BCUT2D eigenvalue weighted by molar-refractivity contribution is -0.134. The fraction of sp³-hybridized carbons (Fsp3) is 0.475. The van der Waals surface area contributed by atoms with Gasteiger partial charge in [0.1, 0.15) is 23.6 Å². The van der Waals surface area contributed by atoms with Crippen molar-refractivity contribution in [1.29, 1.82) is 0 Å². The van der Waals surface area contributed by atoms with Crippen molar-refractivity contribution in [2.24, 2.45) is 23.5 Å². The topological polar surface area (TPSA) is 234 Å². The number of nitrogens with one attached hydrogen (secondary N) is 4. The first-order valence-corrected chi connectivity index (χ1v) is 18.2. The molecule has 4 atom stereocenters. The minimum absolute atomic E-state index is 0.00321. The van der Waals surface area contributed by atoms with E-state index in [1.807, 2.05) is 27.7 Å². The summed E-state index contributed by atoms with van der Waals surface area (Å²) in [5.74, 6) is -5.22. The molecule has 0 heterocycles. The predicted octanol–water partition coefficient (Wildman–Crippen LogP) is 2.24. The second-order valence-electron chi connectivity index (χ2n) is 14.9. The smallest absolute Gasteiger partial charge is 0.256 e. The van der Waals surface area contributed by atoms with Crippen molar-refractivity contribution < 1.29 is 43.8 Å². The van der Waals surface area contributed by atoms with Crippen LogP contribution in [0, 0.1) is 17.8 Å². The molecule has 0 radical (unpaired) electrons. The lowest BCUT2D eigenvalue weighted by Crippen LogP contribution is -2.59. The highest BCUT2D eigenvalue weighted by Crippen LogP contribution is 2.33. The Morgan fingerprint density at radius 2 is 1.31 bits per heavy atom. The Bertz CT molecular complexity index is 1750. The number of allylic oxidation sites excluding steroid dienone is 1. The van der Waals surface area contributed by atoms with E-state index in [1.54, 1.807) is 32.0 Å². The highest BCUT2D eigenvalue weighted by molar-refractivity contribution is 6.39. The molecule has 0 aromatic heterocycles. The summed E-state index contributed by atoms with van der Waals surface area (Å²) in [5, 5.41) is 30.8. The van der Waals surface area contributed by atoms with Crippen LogP contribution in [0.1, 0.15) is 78.4 Å². The zero-order valence-corrected chi connectivity index (χ0v) is 31.7. The molecule has 8 N–H and O–H groups in total. The Morgan fingerprint density at radius 3 is 1.91 bits per heavy atom. The number of benzene rings is 2. The Balaban J connectivity index is 1.85. The number of para-hydroxylation sites is 1. The number of ketones is 3. The maximum atomic E-state index is 13.8. The van der Waals surface area contributed by atoms with Gasteiger partial charge in [0.05, 0.1) is 24.2 Å². The van der Waals surface area contributed by atoms with Crippen LogP contribution in [0.4, 0.5) is 0 Å². The Morgan fingerprint density at radius 1 is 0.722 bits per heavy atom. The van der Waals surface area contributed by atoms with Crippen LogP contribution < -0.4 is 27.0 Å². The van der Waals surface area contributed by atoms with E-state index < -0.39 is 83.2 Å². The summed E-state index contributed by atoms with van der Waals surface area (Å²) in [6.45, 7) is 10.4. The molecule has 2 aromatic carbocycles. The van der Waals surface area contributed by atoms with Gasteiger partial charge in [-0.05, 0) is 60.8 Å². The molecule has 0 fully saturated rings. The van der Waals surface area contributed by atoms with Gasteiger partial charge in [-0.1, -0.05) is 71.9 Å². The number of rotatable bonds is 18. The van der Waals surface area contributed by atoms with Crippen molar-refractivity contribution >= 4 is 46.6 Å². The van der Waals surface area contributed by atoms with Crippen molar-refractivity contribution in [3.8, 4) is 11.5 Å². The van der Waals surface area contributed by atoms with Crippen LogP contribution in [0.25, 0.3) is 5.57 Å². The summed E-state index contributed by atoms with van der Waals surface area (Å²) in [6, 6.07) is 7.52. The molecule has 14 heteroatoms. The molecular formula is C40H53N5O9. The third-order valence-electron chi connectivity index (χ3n) is 8.94. The van der Waals surface area contributed by atoms with Gasteiger partial charge in [0.2, 0.25) is 17.7 Å². The van der Waals surface area contributed by atoms with Gasteiger partial charge in [-0.3, -0.25) is 33.6 Å². The molecule has 0 spiro atoms. The third kappa shape index (κ3) is 12.1. The number of hydrogen-bond donors (Lipinski definition) is 7. The minimum atomic E-state index is -1.25. The molecule has 2 aromatic rings. The van der Waals surface area contributed by atoms with Crippen LogP contribution in [0.5, 0.6) is 11.5 Å². The average molecular weight is 748 g/mol. The Kier molecular flexibility index (Phi) is 15.6. The molecule has 0 bridgehead atoms. The first-order valence-electron chi connectivity index (χ1n) is 18.2. The van der Waals surface area contributed by atoms with Crippen LogP contribution >= 0.6 is 0 Å². The van der Waals surface area contributed by atoms with E-state index in [4.69, 9.17) is 5.73 Å². The summed E-state index contributed by atoms with van der Waals surface area (Å²) in [7, 11) is 0. The van der Waals surface area contributed by atoms with E-state index >= 15 is 0 Å².